The van der Waals surface area contributed by atoms with Crippen LogP contribution in [0.15, 0.2) is 30.3 Å². The number of hydrogen-bond donors (Lipinski definition) is 3. The Kier molecular flexibility index (Phi) is 8.73. The summed E-state index contributed by atoms with van der Waals surface area (Å²) in [6.45, 7) is 2.47. The number of likely N-dealkylation sites (N-methyl/N-ethyl adjacent to an activating group) is 1. The van der Waals surface area contributed by atoms with Crippen LogP contribution < -0.4 is 20.9 Å². The number of rotatable bonds is 9. The van der Waals surface area contributed by atoms with Crippen LogP contribution in [0.25, 0.3) is 0 Å². The predicted octanol–water partition coefficient (Wildman–Crippen LogP) is 3.05. The molecule has 0 saturated carbocycles. The molecule has 3 amide bonds. The Hall–Kier alpha value is -2.60. The number of halogens is 3. The largest absolute Gasteiger partial charge is 0.370 e. The summed E-state index contributed by atoms with van der Waals surface area (Å²) in [6.07, 6.45) is -2.85. The van der Waals surface area contributed by atoms with Crippen molar-refractivity contribution in [3.8, 4) is 0 Å². The normalized spacial score (nSPS) is 14.9. The highest BCUT2D eigenvalue weighted by Crippen LogP contribution is 2.33. The maximum Gasteiger partial charge on any atom is 0.265 e. The van der Waals surface area contributed by atoms with Crippen molar-refractivity contribution in [2.45, 2.75) is 19.4 Å². The number of thiophene rings is 1. The summed E-state index contributed by atoms with van der Waals surface area (Å²) < 4.78 is 33.0. The van der Waals surface area contributed by atoms with E-state index in [0.717, 1.165) is 17.4 Å². The Labute approximate surface area is 198 Å². The standard InChI is InChI=1S/C21H23ClF2N4O4S/c1-2-25-14(10-26-21(31)16-5-6-17(22)33-16)20(30)27-12-3-4-15(13(9-12)19(23)24)28-7-8-32-11-18(28)29/h3-6,9,14,19,25H,2,7-8,10-11H2,1H3,(H,26,31)(H,27,30)/t14-/m1/s1. The summed E-state index contributed by atoms with van der Waals surface area (Å²) in [5.74, 6) is -1.28. The van der Waals surface area contributed by atoms with Crippen LogP contribution in [0.2, 0.25) is 4.34 Å². The molecule has 12 heteroatoms. The molecule has 0 unspecified atom stereocenters. The number of amides is 3. The minimum Gasteiger partial charge on any atom is -0.370 e. The molecule has 33 heavy (non-hydrogen) atoms. The zero-order valence-electron chi connectivity index (χ0n) is 17.7. The molecule has 2 heterocycles. The molecule has 0 aliphatic carbocycles. The fourth-order valence-electron chi connectivity index (χ4n) is 3.28. The molecular formula is C21H23ClF2N4O4S. The Morgan fingerprint density at radius 3 is 2.70 bits per heavy atom. The third-order valence-electron chi connectivity index (χ3n) is 4.84. The SMILES string of the molecule is CCN[C@H](CNC(=O)c1ccc(Cl)s1)C(=O)Nc1ccc(N2CCOCC2=O)c(C(F)F)c1. The van der Waals surface area contributed by atoms with Gasteiger partial charge in [-0.25, -0.2) is 8.78 Å². The van der Waals surface area contributed by atoms with E-state index >= 15 is 0 Å². The van der Waals surface area contributed by atoms with E-state index in [-0.39, 0.29) is 49.1 Å². The van der Waals surface area contributed by atoms with Crippen molar-refractivity contribution < 1.29 is 27.9 Å². The van der Waals surface area contributed by atoms with Crippen LogP contribution in [0.1, 0.15) is 28.6 Å². The van der Waals surface area contributed by atoms with E-state index < -0.39 is 24.3 Å². The number of ether oxygens (including phenoxy) is 1. The second-order valence-corrected chi connectivity index (χ2v) is 8.80. The van der Waals surface area contributed by atoms with E-state index in [1.807, 2.05) is 0 Å². The van der Waals surface area contributed by atoms with Gasteiger partial charge >= 0.3 is 0 Å². The van der Waals surface area contributed by atoms with E-state index in [9.17, 15) is 23.2 Å². The summed E-state index contributed by atoms with van der Waals surface area (Å²) in [5.41, 5.74) is -0.133. The van der Waals surface area contributed by atoms with Gasteiger partial charge in [-0.05, 0) is 36.9 Å². The average Bonchev–Trinajstić information content (AvgIpc) is 3.23. The fraction of sp³-hybridized carbons (Fsp3) is 0.381. The van der Waals surface area contributed by atoms with Crippen LogP contribution in [-0.4, -0.2) is 56.6 Å². The Morgan fingerprint density at radius 2 is 2.06 bits per heavy atom. The molecule has 0 radical (unpaired) electrons. The molecule has 1 aromatic carbocycles. The lowest BCUT2D eigenvalue weighted by Gasteiger charge is -2.29. The van der Waals surface area contributed by atoms with Crippen LogP contribution in [-0.2, 0) is 14.3 Å². The van der Waals surface area contributed by atoms with Crippen LogP contribution in [0.5, 0.6) is 0 Å². The first-order chi connectivity index (χ1) is 15.8. The van der Waals surface area contributed by atoms with Gasteiger partial charge in [0.25, 0.3) is 18.2 Å². The summed E-state index contributed by atoms with van der Waals surface area (Å²) in [5, 5.41) is 8.22. The van der Waals surface area contributed by atoms with Gasteiger partial charge in [0.15, 0.2) is 0 Å². The Balaban J connectivity index is 1.70. The van der Waals surface area contributed by atoms with Crippen molar-refractivity contribution >= 4 is 52.0 Å². The molecule has 1 aliphatic rings. The smallest absolute Gasteiger partial charge is 0.265 e. The molecule has 178 valence electrons. The lowest BCUT2D eigenvalue weighted by atomic mass is 10.1. The first-order valence-corrected chi connectivity index (χ1v) is 11.4. The summed E-state index contributed by atoms with van der Waals surface area (Å²) >= 11 is 6.96. The molecule has 2 aromatic rings. The van der Waals surface area contributed by atoms with E-state index in [0.29, 0.717) is 15.8 Å². The number of benzene rings is 1. The molecule has 8 nitrogen and oxygen atoms in total. The van der Waals surface area contributed by atoms with Crippen molar-refractivity contribution in [2.75, 3.05) is 43.1 Å². The predicted molar refractivity (Wildman–Crippen MR) is 122 cm³/mol. The zero-order chi connectivity index (χ0) is 24.0. The third-order valence-corrected chi connectivity index (χ3v) is 6.07. The van der Waals surface area contributed by atoms with Crippen molar-refractivity contribution in [3.05, 3.63) is 45.1 Å². The molecule has 0 bridgehead atoms. The second-order valence-electron chi connectivity index (χ2n) is 7.09. The molecule has 1 aromatic heterocycles. The van der Waals surface area contributed by atoms with Crippen LogP contribution >= 0.6 is 22.9 Å². The van der Waals surface area contributed by atoms with Crippen molar-refractivity contribution in [1.82, 2.24) is 10.6 Å². The van der Waals surface area contributed by atoms with Crippen LogP contribution in [0, 0.1) is 0 Å². The van der Waals surface area contributed by atoms with Crippen molar-refractivity contribution in [1.29, 1.82) is 0 Å². The molecule has 1 saturated heterocycles. The summed E-state index contributed by atoms with van der Waals surface area (Å²) in [6, 6.07) is 6.37. The number of carbonyl (C=O) groups excluding carboxylic acids is 3. The number of nitrogens with zero attached hydrogens (tertiary/aromatic N) is 1. The number of morpholine rings is 1. The van der Waals surface area contributed by atoms with Crippen LogP contribution in [0.3, 0.4) is 0 Å². The van der Waals surface area contributed by atoms with Gasteiger partial charge in [-0.2, -0.15) is 0 Å². The summed E-state index contributed by atoms with van der Waals surface area (Å²) in [7, 11) is 0. The topological polar surface area (TPSA) is 99.8 Å². The number of anilines is 2. The lowest BCUT2D eigenvalue weighted by molar-refractivity contribution is -0.125. The Bertz CT molecular complexity index is 1020. The Morgan fingerprint density at radius 1 is 1.27 bits per heavy atom. The summed E-state index contributed by atoms with van der Waals surface area (Å²) in [4.78, 5) is 38.7. The first-order valence-electron chi connectivity index (χ1n) is 10.2. The highest BCUT2D eigenvalue weighted by Gasteiger charge is 2.26. The van der Waals surface area contributed by atoms with Crippen LogP contribution in [0.4, 0.5) is 20.2 Å². The van der Waals surface area contributed by atoms with Crippen molar-refractivity contribution in [2.24, 2.45) is 0 Å². The van der Waals surface area contributed by atoms with E-state index in [2.05, 4.69) is 16.0 Å². The molecule has 1 aliphatic heterocycles. The van der Waals surface area contributed by atoms with Gasteiger partial charge in [-0.15, -0.1) is 11.3 Å². The lowest BCUT2D eigenvalue weighted by Crippen LogP contribution is -2.48. The number of hydrogen-bond acceptors (Lipinski definition) is 6. The minimum absolute atomic E-state index is 0.0178. The molecule has 3 N–H and O–H groups in total. The third kappa shape index (κ3) is 6.47. The first kappa shape index (κ1) is 25.0. The molecule has 1 fully saturated rings. The fourth-order valence-corrected chi connectivity index (χ4v) is 4.24. The van der Waals surface area contributed by atoms with Crippen molar-refractivity contribution in [3.63, 3.8) is 0 Å². The zero-order valence-corrected chi connectivity index (χ0v) is 19.3. The van der Waals surface area contributed by atoms with Gasteiger partial charge in [0.1, 0.15) is 12.6 Å². The van der Waals surface area contributed by atoms with Gasteiger partial charge in [0.2, 0.25) is 5.91 Å². The molecule has 0 spiro atoms. The van der Waals surface area contributed by atoms with E-state index in [1.165, 1.54) is 17.0 Å². The molecular weight excluding hydrogens is 478 g/mol. The monoisotopic (exact) mass is 500 g/mol. The second kappa shape index (κ2) is 11.5. The van der Waals surface area contributed by atoms with E-state index in [4.69, 9.17) is 16.3 Å². The number of carbonyl (C=O) groups is 3. The quantitative estimate of drug-likeness (QED) is 0.491. The average molecular weight is 501 g/mol. The van der Waals surface area contributed by atoms with Gasteiger partial charge < -0.3 is 25.6 Å². The maximum atomic E-state index is 13.7. The molecule has 3 rings (SSSR count). The van der Waals surface area contributed by atoms with Gasteiger partial charge in [-0.1, -0.05) is 18.5 Å². The minimum atomic E-state index is -2.85. The number of alkyl halides is 2. The van der Waals surface area contributed by atoms with Gasteiger partial charge in [0.05, 0.1) is 21.5 Å². The van der Waals surface area contributed by atoms with Gasteiger partial charge in [0, 0.05) is 24.3 Å². The maximum absolute atomic E-state index is 13.7. The highest BCUT2D eigenvalue weighted by atomic mass is 35.5. The molecule has 1 atom stereocenters. The highest BCUT2D eigenvalue weighted by molar-refractivity contribution is 7.18. The van der Waals surface area contributed by atoms with E-state index in [1.54, 1.807) is 19.1 Å². The van der Waals surface area contributed by atoms with Gasteiger partial charge in [-0.3, -0.25) is 14.4 Å². The number of nitrogens with one attached hydrogen (secondary N) is 3.